The van der Waals surface area contributed by atoms with E-state index in [1.54, 1.807) is 0 Å². The zero-order valence-corrected chi connectivity index (χ0v) is 12.0. The van der Waals surface area contributed by atoms with Gasteiger partial charge < -0.3 is 38.0 Å². The summed E-state index contributed by atoms with van der Waals surface area (Å²) < 4.78 is 5.07. The van der Waals surface area contributed by atoms with Crippen molar-refractivity contribution in [3.8, 4) is 0 Å². The number of hydrogen-bond acceptors (Lipinski definition) is 6. The maximum Gasteiger partial charge on any atom is 1.00 e. The Labute approximate surface area is 121 Å². The Hall–Kier alpha value is 0.660. The van der Waals surface area contributed by atoms with E-state index in [1.165, 1.54) is 6.92 Å². The normalized spacial score (nSPS) is 38.7. The first-order valence-electron chi connectivity index (χ1n) is 4.52. The van der Waals surface area contributed by atoms with Crippen molar-refractivity contribution in [3.63, 3.8) is 0 Å². The van der Waals surface area contributed by atoms with Gasteiger partial charge in [-0.2, -0.15) is 0 Å². The third-order valence-electron chi connectivity index (χ3n) is 2.25. The summed E-state index contributed by atoms with van der Waals surface area (Å²) in [5.41, 5.74) is -0.871. The van der Waals surface area contributed by atoms with Gasteiger partial charge in [-0.25, -0.2) is 0 Å². The van der Waals surface area contributed by atoms with E-state index in [9.17, 15) is 15.0 Å². The average Bonchev–Trinajstić information content (AvgIpc) is 2.18. The van der Waals surface area contributed by atoms with Crippen molar-refractivity contribution in [1.29, 1.82) is 0 Å². The van der Waals surface area contributed by atoms with Crippen molar-refractivity contribution in [3.05, 3.63) is 0 Å². The quantitative estimate of drug-likeness (QED) is 0.292. The summed E-state index contributed by atoms with van der Waals surface area (Å²) in [4.78, 5) is 10.8. The minimum atomic E-state index is -1.26. The molecule has 0 unspecified atom stereocenters. The number of hydrogen-bond donors (Lipinski definition) is 4. The maximum absolute atomic E-state index is 10.8. The van der Waals surface area contributed by atoms with Crippen LogP contribution in [0.25, 0.3) is 0 Å². The average molecular weight is 259 g/mol. The van der Waals surface area contributed by atoms with Gasteiger partial charge in [-0.1, -0.05) is 0 Å². The minimum Gasteiger partial charge on any atom is -0.759 e. The molecule has 0 aromatic heterocycles. The van der Waals surface area contributed by atoms with E-state index in [0.29, 0.717) is 0 Å². The van der Waals surface area contributed by atoms with E-state index < -0.39 is 36.4 Å². The Bertz CT molecular complexity index is 244. The first kappa shape index (κ1) is 16.7. The van der Waals surface area contributed by atoms with Crippen LogP contribution in [0.2, 0.25) is 0 Å². The second kappa shape index (κ2) is 7.17. The minimum absolute atomic E-state index is 0. The summed E-state index contributed by atoms with van der Waals surface area (Å²) in [5, 5.41) is 30.4. The van der Waals surface area contributed by atoms with Crippen LogP contribution in [0, 0.1) is 0 Å². The van der Waals surface area contributed by atoms with E-state index in [2.05, 4.69) is 5.32 Å². The van der Waals surface area contributed by atoms with Crippen molar-refractivity contribution in [2.45, 2.75) is 36.7 Å². The number of carbonyl (C=O) groups excluding carboxylic acids is 1. The molecule has 0 saturated carbocycles. The second-order valence-corrected chi connectivity index (χ2v) is 3.90. The van der Waals surface area contributed by atoms with Gasteiger partial charge in [0.05, 0.1) is 12.6 Å². The Morgan fingerprint density at radius 2 is 2.00 bits per heavy atom. The fraction of sp³-hybridized carbons (Fsp3) is 0.875. The summed E-state index contributed by atoms with van der Waals surface area (Å²) in [6, 6.07) is -0.838. The molecule has 5 atom stereocenters. The number of aliphatic hydroxyl groups excluding tert-OH is 3. The van der Waals surface area contributed by atoms with Crippen LogP contribution < -0.4 is 34.9 Å². The van der Waals surface area contributed by atoms with Crippen LogP contribution in [-0.4, -0.2) is 57.6 Å². The maximum atomic E-state index is 10.8. The standard InChI is InChI=1S/C8H15NO5S.Na/c1-3(11)9-5-7(13)6(12)4(2-10)14-8(5)15;/h4-8,10,12-13,15H,2H2,1H3,(H,9,11);/q;+1/p-1/t4-,5-,6-,7-,8+;/m1./s1. The fourth-order valence-electron chi connectivity index (χ4n) is 1.47. The van der Waals surface area contributed by atoms with Crippen molar-refractivity contribution in [1.82, 2.24) is 5.32 Å². The van der Waals surface area contributed by atoms with E-state index in [4.69, 9.17) is 22.5 Å². The first-order chi connectivity index (χ1) is 6.97. The van der Waals surface area contributed by atoms with Gasteiger partial charge in [0.2, 0.25) is 5.91 Å². The van der Waals surface area contributed by atoms with Crippen LogP contribution in [0.4, 0.5) is 0 Å². The van der Waals surface area contributed by atoms with Gasteiger partial charge in [-0.05, 0) is 5.44 Å². The van der Waals surface area contributed by atoms with Crippen LogP contribution in [0.3, 0.4) is 0 Å². The number of aliphatic hydroxyl groups is 3. The third kappa shape index (κ3) is 3.85. The molecule has 0 aliphatic carbocycles. The summed E-state index contributed by atoms with van der Waals surface area (Å²) in [5.74, 6) is -0.368. The molecule has 8 heteroatoms. The van der Waals surface area contributed by atoms with Crippen LogP contribution >= 0.6 is 0 Å². The number of ether oxygens (including phenoxy) is 1. The van der Waals surface area contributed by atoms with E-state index in [1.807, 2.05) is 0 Å². The molecule has 1 aliphatic rings. The zero-order chi connectivity index (χ0) is 11.6. The van der Waals surface area contributed by atoms with Crippen LogP contribution in [0.5, 0.6) is 0 Å². The van der Waals surface area contributed by atoms with Crippen LogP contribution in [-0.2, 0) is 22.2 Å². The smallest absolute Gasteiger partial charge is 0.759 e. The molecule has 1 saturated heterocycles. The summed E-state index contributed by atoms with van der Waals surface area (Å²) in [7, 11) is 0. The van der Waals surface area contributed by atoms with Gasteiger partial charge in [-0.15, -0.1) is 0 Å². The molecule has 1 rings (SSSR count). The predicted octanol–water partition coefficient (Wildman–Crippen LogP) is -5.52. The Balaban J connectivity index is 0.00000225. The summed E-state index contributed by atoms with van der Waals surface area (Å²) >= 11 is 4.88. The first-order valence-corrected chi connectivity index (χ1v) is 5.00. The van der Waals surface area contributed by atoms with E-state index in [0.717, 1.165) is 0 Å². The molecule has 16 heavy (non-hydrogen) atoms. The van der Waals surface area contributed by atoms with Gasteiger partial charge in [-0.3, -0.25) is 4.79 Å². The molecule has 1 heterocycles. The molecule has 4 N–H and O–H groups in total. The number of nitrogens with one attached hydrogen (secondary N) is 1. The molecule has 0 bridgehead atoms. The molecular formula is C8H14NNaO5S. The number of rotatable bonds is 2. The van der Waals surface area contributed by atoms with Gasteiger partial charge in [0.15, 0.2) is 0 Å². The molecule has 0 spiro atoms. The van der Waals surface area contributed by atoms with E-state index >= 15 is 0 Å². The Morgan fingerprint density at radius 3 is 2.44 bits per heavy atom. The van der Waals surface area contributed by atoms with Crippen molar-refractivity contribution < 1.29 is 54.4 Å². The topological polar surface area (TPSA) is 99.0 Å². The number of amides is 1. The molecule has 88 valence electrons. The SMILES string of the molecule is CC(=O)N[C@@H]1[C@@H](O)[C@H](O)[C@@H](CO)O[C@H]1[S-].[Na+]. The van der Waals surface area contributed by atoms with Gasteiger partial charge in [0, 0.05) is 6.92 Å². The van der Waals surface area contributed by atoms with Gasteiger partial charge >= 0.3 is 29.6 Å². The largest absolute Gasteiger partial charge is 1.00 e. The van der Waals surface area contributed by atoms with Crippen molar-refractivity contribution in [2.24, 2.45) is 0 Å². The molecule has 0 aromatic rings. The Morgan fingerprint density at radius 1 is 1.44 bits per heavy atom. The molecule has 1 amide bonds. The monoisotopic (exact) mass is 259 g/mol. The van der Waals surface area contributed by atoms with Gasteiger partial charge in [0.1, 0.15) is 18.3 Å². The van der Waals surface area contributed by atoms with Crippen molar-refractivity contribution in [2.75, 3.05) is 6.61 Å². The second-order valence-electron chi connectivity index (χ2n) is 3.43. The zero-order valence-electron chi connectivity index (χ0n) is 9.16. The third-order valence-corrected chi connectivity index (χ3v) is 2.66. The molecule has 0 aromatic carbocycles. The summed E-state index contributed by atoms with van der Waals surface area (Å²) in [6.45, 7) is 0.845. The molecule has 1 fully saturated rings. The van der Waals surface area contributed by atoms with Gasteiger partial charge in [0.25, 0.3) is 0 Å². The van der Waals surface area contributed by atoms with Crippen LogP contribution in [0.15, 0.2) is 0 Å². The molecule has 0 radical (unpaired) electrons. The molecule has 6 nitrogen and oxygen atoms in total. The van der Waals surface area contributed by atoms with Crippen LogP contribution in [0.1, 0.15) is 6.92 Å². The summed E-state index contributed by atoms with van der Waals surface area (Å²) in [6.07, 6.45) is -3.40. The predicted molar refractivity (Wildman–Crippen MR) is 52.7 cm³/mol. The molecule has 1 aliphatic heterocycles. The van der Waals surface area contributed by atoms with E-state index in [-0.39, 0.29) is 35.5 Å². The number of carbonyl (C=O) groups is 1. The molecular weight excluding hydrogens is 245 g/mol. The fourth-order valence-corrected chi connectivity index (χ4v) is 1.84. The van der Waals surface area contributed by atoms with Crippen molar-refractivity contribution >= 4 is 18.5 Å². The Kier molecular flexibility index (Phi) is 7.47.